The standard InChI is InChI=1S/C15H27NO4/c1-13(2,3)19-12(17)8-16-9-14(4,5)20-15(10-16)6-7-18-11-15/h6-11H2,1-5H3/t15-/m1/s1. The highest BCUT2D eigenvalue weighted by Gasteiger charge is 2.47. The highest BCUT2D eigenvalue weighted by molar-refractivity contribution is 5.72. The maximum Gasteiger partial charge on any atom is 0.320 e. The predicted molar refractivity (Wildman–Crippen MR) is 75.6 cm³/mol. The molecule has 2 aliphatic rings. The molecule has 2 heterocycles. The van der Waals surface area contributed by atoms with Gasteiger partial charge in [0.15, 0.2) is 0 Å². The minimum absolute atomic E-state index is 0.177. The Bertz CT molecular complexity index is 367. The number of carbonyl (C=O) groups is 1. The van der Waals surface area contributed by atoms with Gasteiger partial charge in [0, 0.05) is 26.1 Å². The molecule has 2 saturated heterocycles. The number of esters is 1. The normalized spacial score (nSPS) is 30.6. The largest absolute Gasteiger partial charge is 0.459 e. The average molecular weight is 285 g/mol. The zero-order chi connectivity index (χ0) is 15.0. The van der Waals surface area contributed by atoms with Gasteiger partial charge in [-0.25, -0.2) is 0 Å². The van der Waals surface area contributed by atoms with Crippen molar-refractivity contribution in [3.05, 3.63) is 0 Å². The lowest BCUT2D eigenvalue weighted by molar-refractivity contribution is -0.199. The number of morpholine rings is 1. The van der Waals surface area contributed by atoms with Crippen molar-refractivity contribution in [1.29, 1.82) is 0 Å². The molecule has 2 aliphatic heterocycles. The quantitative estimate of drug-likeness (QED) is 0.721. The fraction of sp³-hybridized carbons (Fsp3) is 0.933. The molecule has 0 amide bonds. The second-order valence-electron chi connectivity index (χ2n) is 7.58. The van der Waals surface area contributed by atoms with Crippen LogP contribution in [0, 0.1) is 0 Å². The van der Waals surface area contributed by atoms with Crippen LogP contribution in [-0.2, 0) is 19.0 Å². The highest BCUT2D eigenvalue weighted by atomic mass is 16.6. The van der Waals surface area contributed by atoms with Crippen molar-refractivity contribution >= 4 is 5.97 Å². The fourth-order valence-corrected chi connectivity index (χ4v) is 3.11. The van der Waals surface area contributed by atoms with Crippen LogP contribution in [0.1, 0.15) is 41.0 Å². The third-order valence-electron chi connectivity index (χ3n) is 3.45. The van der Waals surface area contributed by atoms with Crippen LogP contribution in [0.2, 0.25) is 0 Å². The van der Waals surface area contributed by atoms with Gasteiger partial charge < -0.3 is 14.2 Å². The van der Waals surface area contributed by atoms with Crippen LogP contribution in [0.15, 0.2) is 0 Å². The third kappa shape index (κ3) is 4.17. The van der Waals surface area contributed by atoms with E-state index in [0.717, 1.165) is 26.1 Å². The fourth-order valence-electron chi connectivity index (χ4n) is 3.11. The van der Waals surface area contributed by atoms with Gasteiger partial charge in [-0.3, -0.25) is 9.69 Å². The van der Waals surface area contributed by atoms with Crippen LogP contribution < -0.4 is 0 Å². The van der Waals surface area contributed by atoms with Gasteiger partial charge in [-0.1, -0.05) is 0 Å². The molecule has 2 fully saturated rings. The second kappa shape index (κ2) is 5.28. The van der Waals surface area contributed by atoms with E-state index in [1.165, 1.54) is 0 Å². The van der Waals surface area contributed by atoms with E-state index in [1.54, 1.807) is 0 Å². The van der Waals surface area contributed by atoms with Crippen LogP contribution >= 0.6 is 0 Å². The van der Waals surface area contributed by atoms with Crippen molar-refractivity contribution in [3.63, 3.8) is 0 Å². The summed E-state index contributed by atoms with van der Waals surface area (Å²) in [6.07, 6.45) is 0.890. The molecule has 0 aromatic heterocycles. The zero-order valence-corrected chi connectivity index (χ0v) is 13.3. The summed E-state index contributed by atoms with van der Waals surface area (Å²) in [5.74, 6) is -0.177. The SMILES string of the molecule is CC(C)(C)OC(=O)CN1CC(C)(C)O[C@]2(CCOC2)C1. The summed E-state index contributed by atoms with van der Waals surface area (Å²) in [7, 11) is 0. The lowest BCUT2D eigenvalue weighted by atomic mass is 9.95. The van der Waals surface area contributed by atoms with Crippen molar-refractivity contribution in [3.8, 4) is 0 Å². The number of hydrogen-bond acceptors (Lipinski definition) is 5. The molecule has 1 spiro atoms. The van der Waals surface area contributed by atoms with E-state index in [2.05, 4.69) is 18.7 Å². The lowest BCUT2D eigenvalue weighted by Crippen LogP contribution is -2.61. The van der Waals surface area contributed by atoms with Gasteiger partial charge in [-0.05, 0) is 34.6 Å². The Hall–Kier alpha value is -0.650. The molecule has 116 valence electrons. The van der Waals surface area contributed by atoms with E-state index in [1.807, 2.05) is 20.8 Å². The first kappa shape index (κ1) is 15.7. The van der Waals surface area contributed by atoms with Crippen LogP contribution in [0.3, 0.4) is 0 Å². The van der Waals surface area contributed by atoms with Crippen molar-refractivity contribution in [1.82, 2.24) is 4.90 Å². The zero-order valence-electron chi connectivity index (χ0n) is 13.3. The number of ether oxygens (including phenoxy) is 3. The molecule has 2 rings (SSSR count). The summed E-state index contributed by atoms with van der Waals surface area (Å²) in [4.78, 5) is 14.1. The Balaban J connectivity index is 1.99. The van der Waals surface area contributed by atoms with Crippen LogP contribution in [0.5, 0.6) is 0 Å². The van der Waals surface area contributed by atoms with Crippen LogP contribution in [0.4, 0.5) is 0 Å². The van der Waals surface area contributed by atoms with Crippen LogP contribution in [-0.4, -0.2) is 60.5 Å². The number of nitrogens with zero attached hydrogens (tertiary/aromatic N) is 1. The van der Waals surface area contributed by atoms with Crippen molar-refractivity contribution < 1.29 is 19.0 Å². The Labute approximate surface area is 121 Å². The minimum Gasteiger partial charge on any atom is -0.459 e. The van der Waals surface area contributed by atoms with Crippen molar-refractivity contribution in [2.45, 2.75) is 57.8 Å². The second-order valence-corrected chi connectivity index (χ2v) is 7.58. The van der Waals surface area contributed by atoms with Gasteiger partial charge in [0.25, 0.3) is 0 Å². The number of hydrogen-bond donors (Lipinski definition) is 0. The van der Waals surface area contributed by atoms with Gasteiger partial charge in [-0.2, -0.15) is 0 Å². The van der Waals surface area contributed by atoms with Crippen molar-refractivity contribution in [2.24, 2.45) is 0 Å². The van der Waals surface area contributed by atoms with E-state index in [9.17, 15) is 4.79 Å². The summed E-state index contributed by atoms with van der Waals surface area (Å²) >= 11 is 0. The van der Waals surface area contributed by atoms with Gasteiger partial charge >= 0.3 is 5.97 Å². The predicted octanol–water partition coefficient (Wildman–Crippen LogP) is 1.60. The molecule has 0 aliphatic carbocycles. The summed E-state index contributed by atoms with van der Waals surface area (Å²) in [5.41, 5.74) is -0.967. The van der Waals surface area contributed by atoms with E-state index < -0.39 is 5.60 Å². The maximum absolute atomic E-state index is 12.0. The molecule has 5 heteroatoms. The molecule has 0 radical (unpaired) electrons. The summed E-state index contributed by atoms with van der Waals surface area (Å²) in [5, 5.41) is 0. The van der Waals surface area contributed by atoms with Gasteiger partial charge in [0.2, 0.25) is 0 Å². The lowest BCUT2D eigenvalue weighted by Gasteiger charge is -2.47. The maximum atomic E-state index is 12.0. The van der Waals surface area contributed by atoms with Crippen molar-refractivity contribution in [2.75, 3.05) is 32.8 Å². The molecule has 0 N–H and O–H groups in total. The summed E-state index contributed by atoms with van der Waals surface area (Å²) < 4.78 is 17.1. The Morgan fingerprint density at radius 3 is 2.55 bits per heavy atom. The van der Waals surface area contributed by atoms with E-state index >= 15 is 0 Å². The molecule has 0 aromatic carbocycles. The molecule has 0 unspecified atom stereocenters. The minimum atomic E-state index is -0.437. The molecule has 0 saturated carbocycles. The molecule has 5 nitrogen and oxygen atoms in total. The monoisotopic (exact) mass is 285 g/mol. The number of carbonyl (C=O) groups excluding carboxylic acids is 1. The van der Waals surface area contributed by atoms with Gasteiger partial charge in [0.1, 0.15) is 11.2 Å². The molecule has 1 atom stereocenters. The molecular weight excluding hydrogens is 258 g/mol. The van der Waals surface area contributed by atoms with Gasteiger partial charge in [0.05, 0.1) is 18.8 Å². The van der Waals surface area contributed by atoms with Gasteiger partial charge in [-0.15, -0.1) is 0 Å². The Kier molecular flexibility index (Phi) is 4.15. The molecule has 20 heavy (non-hydrogen) atoms. The Morgan fingerprint density at radius 2 is 2.00 bits per heavy atom. The summed E-state index contributed by atoms with van der Waals surface area (Å²) in [6, 6.07) is 0. The van der Waals surface area contributed by atoms with E-state index in [0.29, 0.717) is 13.2 Å². The third-order valence-corrected chi connectivity index (χ3v) is 3.45. The first-order valence-corrected chi connectivity index (χ1v) is 7.31. The van der Waals surface area contributed by atoms with Crippen LogP contribution in [0.25, 0.3) is 0 Å². The topological polar surface area (TPSA) is 48.0 Å². The summed E-state index contributed by atoms with van der Waals surface area (Å²) in [6.45, 7) is 12.9. The molecule has 0 bridgehead atoms. The van der Waals surface area contributed by atoms with E-state index in [-0.39, 0.29) is 17.2 Å². The Morgan fingerprint density at radius 1 is 1.30 bits per heavy atom. The highest BCUT2D eigenvalue weighted by Crippen LogP contribution is 2.34. The van der Waals surface area contributed by atoms with E-state index in [4.69, 9.17) is 14.2 Å². The number of rotatable bonds is 2. The molecule has 0 aromatic rings. The smallest absolute Gasteiger partial charge is 0.320 e. The first-order valence-electron chi connectivity index (χ1n) is 7.31. The first-order chi connectivity index (χ1) is 9.09. The average Bonchev–Trinajstić information content (AvgIpc) is 2.58. The molecular formula is C15H27NO4.